The number of carbonyl (C=O) groups excluding carboxylic acids is 1. The van der Waals surface area contributed by atoms with Gasteiger partial charge in [-0.05, 0) is 29.3 Å². The molecule has 1 aromatic rings. The van der Waals surface area contributed by atoms with E-state index in [0.717, 1.165) is 22.4 Å². The van der Waals surface area contributed by atoms with Gasteiger partial charge in [-0.1, -0.05) is 44.3 Å². The third-order valence-electron chi connectivity index (χ3n) is 2.36. The zero-order valence-electron chi connectivity index (χ0n) is 9.41. The van der Waals surface area contributed by atoms with Gasteiger partial charge in [0.05, 0.1) is 0 Å². The standard InChI is InChI=1S/C13H16OS/c1-9(2)13(15)8-11-5-4-6-12(7-11)10(3)14/h4-7,9H,8H2,1-3H3. The lowest BCUT2D eigenvalue weighted by Gasteiger charge is -2.07. The molecule has 0 saturated carbocycles. The van der Waals surface area contributed by atoms with Crippen LogP contribution in [0, 0.1) is 5.92 Å². The molecule has 80 valence electrons. The van der Waals surface area contributed by atoms with Crippen molar-refractivity contribution in [2.75, 3.05) is 0 Å². The molecule has 0 radical (unpaired) electrons. The SMILES string of the molecule is CC(=O)c1cccc(CC(=S)C(C)C)c1. The highest BCUT2D eigenvalue weighted by Gasteiger charge is 2.05. The first kappa shape index (κ1) is 12.1. The Morgan fingerprint density at radius 3 is 2.60 bits per heavy atom. The van der Waals surface area contributed by atoms with E-state index >= 15 is 0 Å². The van der Waals surface area contributed by atoms with Crippen LogP contribution in [0.2, 0.25) is 0 Å². The zero-order chi connectivity index (χ0) is 11.4. The van der Waals surface area contributed by atoms with Crippen LogP contribution in [0.5, 0.6) is 0 Å². The lowest BCUT2D eigenvalue weighted by atomic mass is 10.00. The first-order chi connectivity index (χ1) is 7.00. The maximum Gasteiger partial charge on any atom is 0.159 e. The lowest BCUT2D eigenvalue weighted by molar-refractivity contribution is 0.101. The molecule has 1 nitrogen and oxygen atoms in total. The second-order valence-electron chi connectivity index (χ2n) is 4.05. The molecule has 0 aromatic heterocycles. The zero-order valence-corrected chi connectivity index (χ0v) is 10.2. The third kappa shape index (κ3) is 3.56. The summed E-state index contributed by atoms with van der Waals surface area (Å²) in [4.78, 5) is 12.2. The smallest absolute Gasteiger partial charge is 0.159 e. The van der Waals surface area contributed by atoms with E-state index in [4.69, 9.17) is 12.2 Å². The molecule has 0 heterocycles. The maximum absolute atomic E-state index is 11.2. The topological polar surface area (TPSA) is 17.1 Å². The van der Waals surface area contributed by atoms with Crippen molar-refractivity contribution < 1.29 is 4.79 Å². The van der Waals surface area contributed by atoms with Gasteiger partial charge in [0.2, 0.25) is 0 Å². The summed E-state index contributed by atoms with van der Waals surface area (Å²) >= 11 is 5.28. The van der Waals surface area contributed by atoms with Gasteiger partial charge >= 0.3 is 0 Å². The summed E-state index contributed by atoms with van der Waals surface area (Å²) in [5.41, 5.74) is 1.89. The van der Waals surface area contributed by atoms with E-state index in [1.165, 1.54) is 0 Å². The van der Waals surface area contributed by atoms with Gasteiger partial charge in [-0.25, -0.2) is 0 Å². The number of hydrogen-bond donors (Lipinski definition) is 0. The quantitative estimate of drug-likeness (QED) is 0.571. The Bertz CT molecular complexity index is 380. The number of thiocarbonyl (C=S) groups is 1. The molecule has 0 N–H and O–H groups in total. The molecule has 0 bridgehead atoms. The van der Waals surface area contributed by atoms with Crippen LogP contribution in [0.15, 0.2) is 24.3 Å². The highest BCUT2D eigenvalue weighted by Crippen LogP contribution is 2.10. The number of Topliss-reactive ketones (excluding diaryl/α,β-unsaturated/α-hetero) is 1. The molecule has 0 aliphatic carbocycles. The summed E-state index contributed by atoms with van der Waals surface area (Å²) in [7, 11) is 0. The van der Waals surface area contributed by atoms with Gasteiger partial charge in [0.15, 0.2) is 5.78 Å². The van der Waals surface area contributed by atoms with Gasteiger partial charge in [0.25, 0.3) is 0 Å². The maximum atomic E-state index is 11.2. The molecule has 0 fully saturated rings. The van der Waals surface area contributed by atoms with Gasteiger partial charge in [0.1, 0.15) is 0 Å². The molecule has 0 spiro atoms. The molecule has 0 aliphatic rings. The number of ketones is 1. The Hall–Kier alpha value is -1.02. The fraction of sp³-hybridized carbons (Fsp3) is 0.385. The summed E-state index contributed by atoms with van der Waals surface area (Å²) < 4.78 is 0. The van der Waals surface area contributed by atoms with Crippen molar-refractivity contribution >= 4 is 22.9 Å². The van der Waals surface area contributed by atoms with Crippen molar-refractivity contribution in [2.24, 2.45) is 5.92 Å². The molecule has 0 atom stereocenters. The average molecular weight is 220 g/mol. The van der Waals surface area contributed by atoms with Crippen molar-refractivity contribution in [2.45, 2.75) is 27.2 Å². The first-order valence-electron chi connectivity index (χ1n) is 5.13. The second kappa shape index (κ2) is 5.17. The molecule has 0 aliphatic heterocycles. The number of benzene rings is 1. The van der Waals surface area contributed by atoms with Crippen LogP contribution in [0.1, 0.15) is 36.7 Å². The normalized spacial score (nSPS) is 10.4. The van der Waals surface area contributed by atoms with Crippen LogP contribution in [-0.2, 0) is 6.42 Å². The summed E-state index contributed by atoms with van der Waals surface area (Å²) in [5, 5.41) is 0. The Balaban J connectivity index is 2.83. The van der Waals surface area contributed by atoms with Crippen LogP contribution < -0.4 is 0 Å². The minimum atomic E-state index is 0.104. The minimum Gasteiger partial charge on any atom is -0.295 e. The van der Waals surface area contributed by atoms with Crippen molar-refractivity contribution in [3.05, 3.63) is 35.4 Å². The first-order valence-corrected chi connectivity index (χ1v) is 5.54. The van der Waals surface area contributed by atoms with Crippen molar-refractivity contribution in [1.29, 1.82) is 0 Å². The van der Waals surface area contributed by atoms with Crippen molar-refractivity contribution in [3.8, 4) is 0 Å². The summed E-state index contributed by atoms with van der Waals surface area (Å²) in [6, 6.07) is 7.69. The fourth-order valence-electron chi connectivity index (χ4n) is 1.31. The molecule has 15 heavy (non-hydrogen) atoms. The van der Waals surface area contributed by atoms with E-state index in [-0.39, 0.29) is 5.78 Å². The largest absolute Gasteiger partial charge is 0.295 e. The van der Waals surface area contributed by atoms with Crippen molar-refractivity contribution in [3.63, 3.8) is 0 Å². The van der Waals surface area contributed by atoms with Gasteiger partial charge in [-0.2, -0.15) is 0 Å². The molecule has 0 amide bonds. The molecule has 1 aromatic carbocycles. The number of carbonyl (C=O) groups is 1. The molecular weight excluding hydrogens is 204 g/mol. The van der Waals surface area contributed by atoms with Gasteiger partial charge in [-0.3, -0.25) is 4.79 Å². The second-order valence-corrected chi connectivity index (χ2v) is 4.58. The molecule has 2 heteroatoms. The van der Waals surface area contributed by atoms with E-state index in [0.29, 0.717) is 5.92 Å². The van der Waals surface area contributed by atoms with E-state index in [2.05, 4.69) is 13.8 Å². The summed E-state index contributed by atoms with van der Waals surface area (Å²) in [6.07, 6.45) is 0.786. The van der Waals surface area contributed by atoms with E-state index in [1.54, 1.807) is 6.92 Å². The van der Waals surface area contributed by atoms with Crippen LogP contribution in [-0.4, -0.2) is 10.6 Å². The Kier molecular flexibility index (Phi) is 4.15. The van der Waals surface area contributed by atoms with E-state index < -0.39 is 0 Å². The van der Waals surface area contributed by atoms with E-state index in [1.807, 2.05) is 24.3 Å². The highest BCUT2D eigenvalue weighted by molar-refractivity contribution is 7.80. The van der Waals surface area contributed by atoms with Crippen LogP contribution in [0.4, 0.5) is 0 Å². The molecule has 1 rings (SSSR count). The van der Waals surface area contributed by atoms with Gasteiger partial charge < -0.3 is 0 Å². The Morgan fingerprint density at radius 2 is 2.07 bits per heavy atom. The predicted octanol–water partition coefficient (Wildman–Crippen LogP) is 3.46. The Labute approximate surface area is 96.5 Å². The van der Waals surface area contributed by atoms with Crippen LogP contribution in [0.3, 0.4) is 0 Å². The molecular formula is C13H16OS. The fourth-order valence-corrected chi connectivity index (χ4v) is 1.47. The number of hydrogen-bond acceptors (Lipinski definition) is 2. The van der Waals surface area contributed by atoms with Crippen LogP contribution >= 0.6 is 12.2 Å². The molecule has 0 unspecified atom stereocenters. The van der Waals surface area contributed by atoms with Gasteiger partial charge in [-0.15, -0.1) is 0 Å². The van der Waals surface area contributed by atoms with Crippen molar-refractivity contribution in [1.82, 2.24) is 0 Å². The number of rotatable bonds is 4. The lowest BCUT2D eigenvalue weighted by Crippen LogP contribution is -2.08. The summed E-state index contributed by atoms with van der Waals surface area (Å²) in [6.45, 7) is 5.77. The monoisotopic (exact) mass is 220 g/mol. The van der Waals surface area contributed by atoms with Gasteiger partial charge in [0, 0.05) is 12.0 Å². The molecule has 0 saturated heterocycles. The van der Waals surface area contributed by atoms with Crippen LogP contribution in [0.25, 0.3) is 0 Å². The highest BCUT2D eigenvalue weighted by atomic mass is 32.1. The Morgan fingerprint density at radius 1 is 1.40 bits per heavy atom. The summed E-state index contributed by atoms with van der Waals surface area (Å²) in [5.74, 6) is 0.522. The third-order valence-corrected chi connectivity index (χ3v) is 2.97. The average Bonchev–Trinajstić information content (AvgIpc) is 2.18. The minimum absolute atomic E-state index is 0.104. The van der Waals surface area contributed by atoms with E-state index in [9.17, 15) is 4.79 Å². The predicted molar refractivity (Wildman–Crippen MR) is 67.6 cm³/mol.